The van der Waals surface area contributed by atoms with Gasteiger partial charge >= 0.3 is 5.97 Å². The molecule has 2 N–H and O–H groups in total. The molecule has 6 nitrogen and oxygen atoms in total. The van der Waals surface area contributed by atoms with Crippen LogP contribution in [0.25, 0.3) is 11.5 Å². The number of carboxylic acids is 1. The van der Waals surface area contributed by atoms with E-state index in [9.17, 15) is 14.0 Å². The Bertz CT molecular complexity index is 696. The van der Waals surface area contributed by atoms with E-state index in [0.29, 0.717) is 17.1 Å². The van der Waals surface area contributed by atoms with Gasteiger partial charge in [-0.05, 0) is 38.1 Å². The summed E-state index contributed by atoms with van der Waals surface area (Å²) in [6.45, 7) is 3.15. The Hall–Kier alpha value is -2.70. The van der Waals surface area contributed by atoms with Gasteiger partial charge in [0.25, 0.3) is 0 Å². The minimum atomic E-state index is -0.974. The molecule has 23 heavy (non-hydrogen) atoms. The van der Waals surface area contributed by atoms with Crippen molar-refractivity contribution in [1.29, 1.82) is 0 Å². The fourth-order valence-electron chi connectivity index (χ4n) is 1.92. The lowest BCUT2D eigenvalue weighted by atomic mass is 10.0. The first-order valence-electron chi connectivity index (χ1n) is 7.09. The highest BCUT2D eigenvalue weighted by Gasteiger charge is 2.21. The number of rotatable bonds is 6. The largest absolute Gasteiger partial charge is 0.481 e. The summed E-state index contributed by atoms with van der Waals surface area (Å²) < 4.78 is 18.2. The summed E-state index contributed by atoms with van der Waals surface area (Å²) in [6, 6.07) is 5.15. The fourth-order valence-corrected chi connectivity index (χ4v) is 1.92. The molecule has 0 spiro atoms. The lowest BCUT2D eigenvalue weighted by molar-refractivity contribution is -0.142. The van der Waals surface area contributed by atoms with E-state index in [1.165, 1.54) is 37.5 Å². The van der Waals surface area contributed by atoms with Crippen molar-refractivity contribution in [3.63, 3.8) is 0 Å². The zero-order chi connectivity index (χ0) is 17.0. The molecule has 0 aliphatic heterocycles. The number of carboxylic acid groups (broad SMARTS) is 1. The van der Waals surface area contributed by atoms with Gasteiger partial charge in [-0.25, -0.2) is 9.37 Å². The van der Waals surface area contributed by atoms with Crippen molar-refractivity contribution in [2.24, 2.45) is 5.92 Å². The van der Waals surface area contributed by atoms with Gasteiger partial charge in [0.15, 0.2) is 0 Å². The first-order valence-corrected chi connectivity index (χ1v) is 7.09. The van der Waals surface area contributed by atoms with Crippen molar-refractivity contribution in [2.45, 2.75) is 26.3 Å². The Labute approximate surface area is 132 Å². The SMILES string of the molecule is CC(NC(=O)Cc1coc(-c2ccc(F)cc2)n1)C(C)C(=O)O. The van der Waals surface area contributed by atoms with Crippen molar-refractivity contribution in [2.75, 3.05) is 0 Å². The number of carbonyl (C=O) groups excluding carboxylic acids is 1. The van der Waals surface area contributed by atoms with Crippen LogP contribution in [0.3, 0.4) is 0 Å². The zero-order valence-electron chi connectivity index (χ0n) is 12.7. The van der Waals surface area contributed by atoms with Crippen LogP contribution in [0, 0.1) is 11.7 Å². The van der Waals surface area contributed by atoms with E-state index in [1.807, 2.05) is 0 Å². The number of oxazole rings is 1. The van der Waals surface area contributed by atoms with Gasteiger partial charge in [0.2, 0.25) is 11.8 Å². The Morgan fingerprint density at radius 2 is 1.96 bits per heavy atom. The Balaban J connectivity index is 1.97. The number of benzene rings is 1. The first-order chi connectivity index (χ1) is 10.9. The monoisotopic (exact) mass is 320 g/mol. The molecule has 1 aromatic carbocycles. The highest BCUT2D eigenvalue weighted by atomic mass is 19.1. The molecule has 2 atom stereocenters. The van der Waals surface area contributed by atoms with Crippen molar-refractivity contribution < 1.29 is 23.5 Å². The van der Waals surface area contributed by atoms with Crippen LogP contribution in [0.1, 0.15) is 19.5 Å². The first kappa shape index (κ1) is 16.7. The Kier molecular flexibility index (Phi) is 5.10. The van der Waals surface area contributed by atoms with Gasteiger partial charge in [-0.1, -0.05) is 0 Å². The summed E-state index contributed by atoms with van der Waals surface area (Å²) in [5.74, 6) is -2.07. The smallest absolute Gasteiger partial charge is 0.308 e. The molecule has 0 saturated carbocycles. The molecule has 1 heterocycles. The second kappa shape index (κ2) is 7.04. The zero-order valence-corrected chi connectivity index (χ0v) is 12.7. The number of nitrogens with zero attached hydrogens (tertiary/aromatic N) is 1. The molecule has 1 amide bonds. The normalized spacial score (nSPS) is 13.3. The number of carbonyl (C=O) groups is 2. The van der Waals surface area contributed by atoms with E-state index in [4.69, 9.17) is 9.52 Å². The molecule has 0 radical (unpaired) electrons. The second-order valence-corrected chi connectivity index (χ2v) is 5.31. The van der Waals surface area contributed by atoms with Gasteiger partial charge in [-0.2, -0.15) is 0 Å². The van der Waals surface area contributed by atoms with Crippen LogP contribution in [-0.4, -0.2) is 28.0 Å². The van der Waals surface area contributed by atoms with Gasteiger partial charge in [0.1, 0.15) is 12.1 Å². The third kappa shape index (κ3) is 4.38. The minimum Gasteiger partial charge on any atom is -0.481 e. The molecule has 0 bridgehead atoms. The van der Waals surface area contributed by atoms with Gasteiger partial charge in [-0.3, -0.25) is 9.59 Å². The highest BCUT2D eigenvalue weighted by Crippen LogP contribution is 2.19. The van der Waals surface area contributed by atoms with Gasteiger partial charge in [-0.15, -0.1) is 0 Å². The number of nitrogens with one attached hydrogen (secondary N) is 1. The van der Waals surface area contributed by atoms with E-state index in [0.717, 1.165) is 0 Å². The predicted octanol–water partition coefficient (Wildman–Crippen LogP) is 2.25. The van der Waals surface area contributed by atoms with Gasteiger partial charge in [0, 0.05) is 11.6 Å². The van der Waals surface area contributed by atoms with E-state index in [-0.39, 0.29) is 18.1 Å². The molecule has 0 aliphatic carbocycles. The maximum Gasteiger partial charge on any atom is 0.308 e. The minimum absolute atomic E-state index is 0.0264. The number of halogens is 1. The number of hydrogen-bond donors (Lipinski definition) is 2. The third-order valence-corrected chi connectivity index (χ3v) is 3.51. The standard InChI is InChI=1S/C16H17FN2O4/c1-9(16(21)22)10(2)18-14(20)7-13-8-23-15(19-13)11-3-5-12(17)6-4-11/h3-6,8-10H,7H2,1-2H3,(H,18,20)(H,21,22). The van der Waals surface area contributed by atoms with E-state index in [2.05, 4.69) is 10.3 Å². The average molecular weight is 320 g/mol. The average Bonchev–Trinajstić information content (AvgIpc) is 2.95. The van der Waals surface area contributed by atoms with E-state index < -0.39 is 17.9 Å². The molecular formula is C16H17FN2O4. The molecular weight excluding hydrogens is 303 g/mol. The molecule has 7 heteroatoms. The maximum absolute atomic E-state index is 12.9. The van der Waals surface area contributed by atoms with Crippen molar-refractivity contribution in [1.82, 2.24) is 10.3 Å². The predicted molar refractivity (Wildman–Crippen MR) is 80.0 cm³/mol. The van der Waals surface area contributed by atoms with E-state index >= 15 is 0 Å². The summed E-state index contributed by atoms with van der Waals surface area (Å²) in [5, 5.41) is 11.5. The van der Waals surface area contributed by atoms with Crippen LogP contribution in [0.4, 0.5) is 4.39 Å². The van der Waals surface area contributed by atoms with E-state index in [1.54, 1.807) is 6.92 Å². The van der Waals surface area contributed by atoms with Gasteiger partial charge < -0.3 is 14.8 Å². The number of amides is 1. The molecule has 122 valence electrons. The van der Waals surface area contributed by atoms with Crippen LogP contribution in [0.5, 0.6) is 0 Å². The second-order valence-electron chi connectivity index (χ2n) is 5.31. The quantitative estimate of drug-likeness (QED) is 0.851. The summed E-state index contributed by atoms with van der Waals surface area (Å²) in [6.07, 6.45) is 1.32. The van der Waals surface area contributed by atoms with Crippen molar-refractivity contribution in [3.05, 3.63) is 42.0 Å². The summed E-state index contributed by atoms with van der Waals surface area (Å²) >= 11 is 0. The summed E-state index contributed by atoms with van der Waals surface area (Å²) in [5.41, 5.74) is 1.02. The number of hydrogen-bond acceptors (Lipinski definition) is 4. The van der Waals surface area contributed by atoms with Crippen LogP contribution >= 0.6 is 0 Å². The molecule has 0 fully saturated rings. The number of aromatic nitrogens is 1. The molecule has 0 aliphatic rings. The van der Waals surface area contributed by atoms with Crippen LogP contribution in [-0.2, 0) is 16.0 Å². The summed E-state index contributed by atoms with van der Waals surface area (Å²) in [7, 11) is 0. The fraction of sp³-hybridized carbons (Fsp3) is 0.312. The lowest BCUT2D eigenvalue weighted by Crippen LogP contribution is -2.40. The topological polar surface area (TPSA) is 92.4 Å². The third-order valence-electron chi connectivity index (χ3n) is 3.51. The molecule has 2 unspecified atom stereocenters. The van der Waals surface area contributed by atoms with Crippen LogP contribution in [0.2, 0.25) is 0 Å². The molecule has 0 saturated heterocycles. The van der Waals surface area contributed by atoms with Gasteiger partial charge in [0.05, 0.1) is 18.0 Å². The van der Waals surface area contributed by atoms with Crippen LogP contribution < -0.4 is 5.32 Å². The van der Waals surface area contributed by atoms with Crippen LogP contribution in [0.15, 0.2) is 34.9 Å². The Morgan fingerprint density at radius 1 is 1.30 bits per heavy atom. The highest BCUT2D eigenvalue weighted by molar-refractivity contribution is 5.79. The lowest BCUT2D eigenvalue weighted by Gasteiger charge is -2.17. The molecule has 1 aromatic heterocycles. The maximum atomic E-state index is 12.9. The Morgan fingerprint density at radius 3 is 2.57 bits per heavy atom. The van der Waals surface area contributed by atoms with Crippen molar-refractivity contribution >= 4 is 11.9 Å². The van der Waals surface area contributed by atoms with Crippen molar-refractivity contribution in [3.8, 4) is 11.5 Å². The molecule has 2 rings (SSSR count). The molecule has 2 aromatic rings. The summed E-state index contributed by atoms with van der Waals surface area (Å²) in [4.78, 5) is 26.9. The number of aliphatic carboxylic acids is 1.